The molecule has 0 saturated carbocycles. The van der Waals surface area contributed by atoms with Crippen LogP contribution in [0.3, 0.4) is 0 Å². The molecule has 9 nitrogen and oxygen atoms in total. The van der Waals surface area contributed by atoms with Crippen LogP contribution in [0.4, 0.5) is 27.2 Å². The van der Waals surface area contributed by atoms with Gasteiger partial charge in [0.1, 0.15) is 23.3 Å². The number of benzene rings is 6. The highest BCUT2D eigenvalue weighted by molar-refractivity contribution is 5.78. The summed E-state index contributed by atoms with van der Waals surface area (Å²) in [5, 5.41) is 27.7. The molecule has 4 amide bonds. The van der Waals surface area contributed by atoms with Crippen molar-refractivity contribution < 1.29 is 42.8 Å². The third-order valence-electron chi connectivity index (χ3n) is 12.9. The van der Waals surface area contributed by atoms with Crippen molar-refractivity contribution in [2.24, 2.45) is 0 Å². The zero-order chi connectivity index (χ0) is 48.1. The van der Waals surface area contributed by atoms with Crippen LogP contribution in [-0.2, 0) is 11.1 Å². The number of aliphatic hydroxyl groups is 1. The van der Waals surface area contributed by atoms with E-state index in [9.17, 15) is 32.3 Å². The van der Waals surface area contributed by atoms with Crippen LogP contribution in [-0.4, -0.2) is 65.6 Å². The molecule has 0 spiro atoms. The molecule has 2 aliphatic heterocycles. The van der Waals surface area contributed by atoms with Crippen LogP contribution in [0.25, 0.3) is 22.3 Å². The zero-order valence-corrected chi connectivity index (χ0v) is 38.1. The van der Waals surface area contributed by atoms with Crippen LogP contribution in [0.2, 0.25) is 0 Å². The molecule has 3 radical (unpaired) electrons. The first-order valence-electron chi connectivity index (χ1n) is 22.2. The van der Waals surface area contributed by atoms with Crippen LogP contribution in [0, 0.1) is 23.3 Å². The molecule has 2 saturated heterocycles. The van der Waals surface area contributed by atoms with Gasteiger partial charge in [-0.25, -0.2) is 27.2 Å². The number of hydrogen-bond donors (Lipinski definition) is 5. The first-order valence-corrected chi connectivity index (χ1v) is 22.2. The van der Waals surface area contributed by atoms with Crippen molar-refractivity contribution in [2.45, 2.75) is 69.1 Å². The van der Waals surface area contributed by atoms with Crippen molar-refractivity contribution in [2.75, 3.05) is 19.7 Å². The van der Waals surface area contributed by atoms with E-state index in [0.717, 1.165) is 44.5 Å². The summed E-state index contributed by atoms with van der Waals surface area (Å²) in [6, 6.07) is 40.6. The fourth-order valence-electron chi connectivity index (χ4n) is 9.00. The molecule has 2 aliphatic rings. The van der Waals surface area contributed by atoms with E-state index >= 15 is 0 Å². The lowest BCUT2D eigenvalue weighted by atomic mass is 9.81. The van der Waals surface area contributed by atoms with Crippen LogP contribution in [0.1, 0.15) is 80.3 Å². The summed E-state index contributed by atoms with van der Waals surface area (Å²) < 4.78 is 53.3. The lowest BCUT2D eigenvalue weighted by Crippen LogP contribution is -2.58. The second kappa shape index (κ2) is 23.8. The van der Waals surface area contributed by atoms with Gasteiger partial charge < -0.3 is 25.5 Å². The summed E-state index contributed by atoms with van der Waals surface area (Å²) in [4.78, 5) is 29.9. The molecule has 2 heterocycles. The summed E-state index contributed by atoms with van der Waals surface area (Å²) in [7, 11) is 0. The Morgan fingerprint density at radius 1 is 0.559 bits per heavy atom. The molecule has 0 aliphatic carbocycles. The fourth-order valence-corrected chi connectivity index (χ4v) is 9.00. The van der Waals surface area contributed by atoms with E-state index < -0.39 is 11.1 Å². The zero-order valence-electron chi connectivity index (χ0n) is 38.1. The highest BCUT2D eigenvalue weighted by Crippen LogP contribution is 2.38. The molecule has 0 bridgehead atoms. The standard InChI is InChI=1S/C27H28F2N2O2.C27H26F2N2O.B.H2O2/c1-19(20-3-5-21(6-4-20)22-7-11-24(28)12-8-22)31-17-16-27(15-2-18-32,30-26(31)33)23-9-13-25(29)14-10-23;1-3-16-27(23-10-14-25(29)15-11-23)17-18-31(26(32)30-27)19(2)20-4-6-21(7-5-20)22-8-12-24(28)13-9-22;;1-2/h3-14,19,32H,2,15-18H2,1H3,(H,30,33);3-15,19H,1,16-18H2,2H3,(H,30,32);;1-2H/t2*19-,27+;;/m00../s1. The van der Waals surface area contributed by atoms with Crippen molar-refractivity contribution in [3.63, 3.8) is 0 Å². The maximum atomic E-state index is 13.5. The predicted octanol–water partition coefficient (Wildman–Crippen LogP) is 12.0. The lowest BCUT2D eigenvalue weighted by molar-refractivity contribution is -0.176. The van der Waals surface area contributed by atoms with Crippen LogP contribution >= 0.6 is 0 Å². The van der Waals surface area contributed by atoms with E-state index in [1.54, 1.807) is 59.5 Å². The SMILES string of the molecule is C=CC[C@]1(c2ccc(F)cc2)CCN([C@@H](C)c2ccc(-c3ccc(F)cc3)cc2)C(=O)N1.C[C@@H](c1ccc(-c2ccc(F)cc2)cc1)N1CC[C@](CCCO)(c2ccc(F)cc2)NC1=O.OO.[B]. The smallest absolute Gasteiger partial charge is 0.318 e. The quantitative estimate of drug-likeness (QED) is 0.0259. The van der Waals surface area contributed by atoms with Gasteiger partial charge in [0, 0.05) is 28.1 Å². The lowest BCUT2D eigenvalue weighted by Gasteiger charge is -2.45. The Kier molecular flexibility index (Phi) is 18.3. The number of halogens is 4. The van der Waals surface area contributed by atoms with E-state index in [4.69, 9.17) is 10.5 Å². The van der Waals surface area contributed by atoms with E-state index in [2.05, 4.69) is 17.2 Å². The first kappa shape index (κ1) is 52.2. The first-order chi connectivity index (χ1) is 32.3. The monoisotopic (exact) mass is 927 g/mol. The summed E-state index contributed by atoms with van der Waals surface area (Å²) in [5.41, 5.74) is 6.37. The van der Waals surface area contributed by atoms with Crippen molar-refractivity contribution in [1.29, 1.82) is 0 Å². The van der Waals surface area contributed by atoms with E-state index in [1.807, 2.05) is 67.3 Å². The summed E-state index contributed by atoms with van der Waals surface area (Å²) in [5.74, 6) is -1.15. The topological polar surface area (TPSA) is 125 Å². The molecule has 8 rings (SSSR count). The molecule has 68 heavy (non-hydrogen) atoms. The number of urea groups is 2. The Morgan fingerprint density at radius 3 is 1.21 bits per heavy atom. The molecule has 14 heteroatoms. The summed E-state index contributed by atoms with van der Waals surface area (Å²) in [6.07, 6.45) is 4.82. The maximum absolute atomic E-state index is 13.5. The van der Waals surface area contributed by atoms with E-state index in [0.29, 0.717) is 45.2 Å². The minimum Gasteiger partial charge on any atom is -0.396 e. The average Bonchev–Trinajstić information content (AvgIpc) is 3.35. The molecule has 353 valence electrons. The summed E-state index contributed by atoms with van der Waals surface area (Å²) >= 11 is 0. The van der Waals surface area contributed by atoms with Gasteiger partial charge in [-0.05, 0) is 139 Å². The van der Waals surface area contributed by atoms with Crippen molar-refractivity contribution in [3.8, 4) is 22.3 Å². The molecule has 4 atom stereocenters. The molecule has 0 unspecified atom stereocenters. The minimum atomic E-state index is -0.629. The van der Waals surface area contributed by atoms with E-state index in [-0.39, 0.29) is 62.4 Å². The van der Waals surface area contributed by atoms with Gasteiger partial charge in [0.15, 0.2) is 0 Å². The number of carbonyl (C=O) groups is 2. The molecule has 6 aromatic carbocycles. The minimum absolute atomic E-state index is 0. The average molecular weight is 928 g/mol. The second-order valence-electron chi connectivity index (χ2n) is 16.9. The van der Waals surface area contributed by atoms with Gasteiger partial charge in [-0.1, -0.05) is 103 Å². The van der Waals surface area contributed by atoms with Crippen molar-refractivity contribution >= 4 is 20.5 Å². The molecule has 0 aromatic heterocycles. The fraction of sp³-hybridized carbons (Fsp3) is 0.259. The van der Waals surface area contributed by atoms with Gasteiger partial charge in [0.05, 0.1) is 23.2 Å². The second-order valence-corrected chi connectivity index (χ2v) is 16.9. The maximum Gasteiger partial charge on any atom is 0.318 e. The normalized spacial score (nSPS) is 18.5. The number of nitrogens with zero attached hydrogens (tertiary/aromatic N) is 2. The Hall–Kier alpha value is -6.74. The van der Waals surface area contributed by atoms with E-state index in [1.165, 1.54) is 48.5 Å². The number of carbonyl (C=O) groups excluding carboxylic acids is 2. The van der Waals surface area contributed by atoms with Crippen LogP contribution in [0.5, 0.6) is 0 Å². The van der Waals surface area contributed by atoms with Crippen LogP contribution in [0.15, 0.2) is 158 Å². The molecule has 2 fully saturated rings. The number of amides is 4. The molecule has 5 N–H and O–H groups in total. The van der Waals surface area contributed by atoms with Gasteiger partial charge in [-0.15, -0.1) is 6.58 Å². The number of rotatable bonds is 13. The van der Waals surface area contributed by atoms with Gasteiger partial charge in [0.2, 0.25) is 0 Å². The van der Waals surface area contributed by atoms with Gasteiger partial charge in [-0.3, -0.25) is 10.5 Å². The Bertz CT molecular complexity index is 2550. The highest BCUT2D eigenvalue weighted by atomic mass is 19.1. The van der Waals surface area contributed by atoms with Gasteiger partial charge in [0.25, 0.3) is 0 Å². The molecule has 6 aromatic rings. The van der Waals surface area contributed by atoms with Gasteiger partial charge >= 0.3 is 12.1 Å². The number of hydrogen-bond acceptors (Lipinski definition) is 5. The third-order valence-corrected chi connectivity index (χ3v) is 12.9. The third kappa shape index (κ3) is 12.2. The Morgan fingerprint density at radius 2 is 0.868 bits per heavy atom. The highest BCUT2D eigenvalue weighted by Gasteiger charge is 2.42. The Balaban J connectivity index is 0.000000242. The van der Waals surface area contributed by atoms with Crippen molar-refractivity contribution in [1.82, 2.24) is 20.4 Å². The predicted molar refractivity (Wildman–Crippen MR) is 259 cm³/mol. The molecular formula is C54H56BF4N4O5. The van der Waals surface area contributed by atoms with Crippen molar-refractivity contribution in [3.05, 3.63) is 204 Å². The van der Waals surface area contributed by atoms with Crippen LogP contribution < -0.4 is 10.6 Å². The number of nitrogens with one attached hydrogen (secondary N) is 2. The Labute approximate surface area is 397 Å². The molecular weight excluding hydrogens is 871 g/mol. The summed E-state index contributed by atoms with van der Waals surface area (Å²) in [6.45, 7) is 8.98. The van der Waals surface area contributed by atoms with Gasteiger partial charge in [-0.2, -0.15) is 0 Å². The largest absolute Gasteiger partial charge is 0.396 e. The number of aliphatic hydroxyl groups excluding tert-OH is 1.